The summed E-state index contributed by atoms with van der Waals surface area (Å²) in [7, 11) is 0. The van der Waals surface area contributed by atoms with E-state index in [0.29, 0.717) is 49.9 Å². The molecule has 0 bridgehead atoms. The Morgan fingerprint density at radius 1 is 1.07 bits per heavy atom. The van der Waals surface area contributed by atoms with Gasteiger partial charge in [-0.1, -0.05) is 18.2 Å². The van der Waals surface area contributed by atoms with Gasteiger partial charge in [0.2, 0.25) is 11.8 Å². The van der Waals surface area contributed by atoms with Crippen molar-refractivity contribution in [3.05, 3.63) is 54.7 Å². The zero-order valence-corrected chi connectivity index (χ0v) is 17.0. The topological polar surface area (TPSA) is 72.8 Å². The van der Waals surface area contributed by atoms with Gasteiger partial charge in [0, 0.05) is 43.0 Å². The molecule has 4 rings (SSSR count). The lowest BCUT2D eigenvalue weighted by Gasteiger charge is -2.21. The zero-order chi connectivity index (χ0) is 20.9. The van der Waals surface area contributed by atoms with Gasteiger partial charge in [-0.2, -0.15) is 0 Å². The van der Waals surface area contributed by atoms with Gasteiger partial charge in [-0.25, -0.2) is 0 Å². The quantitative estimate of drug-likeness (QED) is 0.652. The highest BCUT2D eigenvalue weighted by Gasteiger charge is 2.17. The van der Waals surface area contributed by atoms with Crippen molar-refractivity contribution in [2.75, 3.05) is 31.6 Å². The number of amides is 2. The third kappa shape index (κ3) is 4.40. The number of carbonyl (C=O) groups excluding carboxylic acids is 2. The van der Waals surface area contributed by atoms with Crippen molar-refractivity contribution in [3.63, 3.8) is 0 Å². The number of nitrogens with one attached hydrogen (secondary N) is 1. The van der Waals surface area contributed by atoms with Crippen LogP contribution in [0.15, 0.2) is 54.7 Å². The third-order valence-corrected chi connectivity index (χ3v) is 5.14. The number of rotatable bonds is 7. The predicted octanol–water partition coefficient (Wildman–Crippen LogP) is 3.29. The zero-order valence-electron chi connectivity index (χ0n) is 17.0. The van der Waals surface area contributed by atoms with E-state index in [0.717, 1.165) is 10.9 Å². The van der Waals surface area contributed by atoms with E-state index in [1.54, 1.807) is 23.1 Å². The summed E-state index contributed by atoms with van der Waals surface area (Å²) in [6, 6.07) is 15.4. The van der Waals surface area contributed by atoms with Crippen LogP contribution in [0.1, 0.15) is 13.3 Å². The molecule has 0 radical (unpaired) electrons. The highest BCUT2D eigenvalue weighted by Crippen LogP contribution is 2.32. The van der Waals surface area contributed by atoms with E-state index >= 15 is 0 Å². The number of likely N-dealkylation sites (N-methyl/N-ethyl adjacent to an activating group) is 1. The van der Waals surface area contributed by atoms with E-state index in [-0.39, 0.29) is 18.4 Å². The predicted molar refractivity (Wildman–Crippen MR) is 115 cm³/mol. The first-order chi connectivity index (χ1) is 14.6. The summed E-state index contributed by atoms with van der Waals surface area (Å²) in [6.07, 6.45) is 2.33. The van der Waals surface area contributed by atoms with Crippen LogP contribution in [0.3, 0.4) is 0 Å². The lowest BCUT2D eigenvalue weighted by Crippen LogP contribution is -2.38. The average molecular weight is 407 g/mol. The maximum absolute atomic E-state index is 12.7. The first-order valence-electron chi connectivity index (χ1n) is 10.1. The molecule has 1 aliphatic heterocycles. The number of carbonyl (C=O) groups is 2. The summed E-state index contributed by atoms with van der Waals surface area (Å²) in [5.74, 6) is 0.990. The highest BCUT2D eigenvalue weighted by atomic mass is 16.6. The fourth-order valence-electron chi connectivity index (χ4n) is 3.58. The average Bonchev–Trinajstić information content (AvgIpc) is 3.19. The Morgan fingerprint density at radius 3 is 2.70 bits per heavy atom. The molecule has 7 nitrogen and oxygen atoms in total. The Bertz CT molecular complexity index is 1060. The number of para-hydroxylation sites is 1. The third-order valence-electron chi connectivity index (χ3n) is 5.14. The van der Waals surface area contributed by atoms with Crippen molar-refractivity contribution in [1.82, 2.24) is 9.47 Å². The number of hydrogen-bond donors (Lipinski definition) is 1. The van der Waals surface area contributed by atoms with Gasteiger partial charge in [0.25, 0.3) is 0 Å². The first kappa shape index (κ1) is 19.8. The Labute approximate surface area is 175 Å². The molecule has 0 spiro atoms. The summed E-state index contributed by atoms with van der Waals surface area (Å²) < 4.78 is 13.1. The van der Waals surface area contributed by atoms with Crippen LogP contribution < -0.4 is 14.8 Å². The largest absolute Gasteiger partial charge is 0.486 e. The number of hydrogen-bond acceptors (Lipinski definition) is 4. The molecule has 156 valence electrons. The van der Waals surface area contributed by atoms with Crippen molar-refractivity contribution in [3.8, 4) is 11.5 Å². The van der Waals surface area contributed by atoms with Gasteiger partial charge >= 0.3 is 0 Å². The van der Waals surface area contributed by atoms with Gasteiger partial charge < -0.3 is 24.3 Å². The molecule has 3 aromatic rings. The number of aromatic nitrogens is 1. The molecule has 1 aliphatic rings. The highest BCUT2D eigenvalue weighted by molar-refractivity contribution is 5.94. The summed E-state index contributed by atoms with van der Waals surface area (Å²) in [5.41, 5.74) is 1.72. The maximum atomic E-state index is 12.7. The van der Waals surface area contributed by atoms with E-state index in [1.807, 2.05) is 43.5 Å². The smallest absolute Gasteiger partial charge is 0.243 e. The number of anilines is 1. The van der Waals surface area contributed by atoms with Crippen molar-refractivity contribution in [2.24, 2.45) is 0 Å². The van der Waals surface area contributed by atoms with Gasteiger partial charge in [-0.15, -0.1) is 0 Å². The van der Waals surface area contributed by atoms with E-state index < -0.39 is 0 Å². The monoisotopic (exact) mass is 407 g/mol. The van der Waals surface area contributed by atoms with Crippen LogP contribution in [0.5, 0.6) is 11.5 Å². The SMILES string of the molecule is CCN(CC(=O)Nc1ccc2c(c1)OCCO2)C(=O)CCn1ccc2ccccc21. The number of benzene rings is 2. The van der Waals surface area contributed by atoms with Gasteiger partial charge in [0.15, 0.2) is 11.5 Å². The second-order valence-electron chi connectivity index (χ2n) is 7.13. The number of ether oxygens (including phenoxy) is 2. The molecular weight excluding hydrogens is 382 g/mol. The van der Waals surface area contributed by atoms with Crippen LogP contribution in [0.4, 0.5) is 5.69 Å². The number of aryl methyl sites for hydroxylation is 1. The standard InChI is InChI=1S/C23H25N3O4/c1-2-25(23(28)10-12-26-11-9-17-5-3-4-6-19(17)26)16-22(27)24-18-7-8-20-21(15-18)30-14-13-29-20/h3-9,11,15H,2,10,12-14,16H2,1H3,(H,24,27). The normalized spacial score (nSPS) is 12.6. The molecule has 1 N–H and O–H groups in total. The van der Waals surface area contributed by atoms with Crippen molar-refractivity contribution < 1.29 is 19.1 Å². The van der Waals surface area contributed by atoms with E-state index in [4.69, 9.17) is 9.47 Å². The molecule has 0 saturated heterocycles. The Morgan fingerprint density at radius 2 is 1.87 bits per heavy atom. The molecule has 2 amide bonds. The lowest BCUT2D eigenvalue weighted by molar-refractivity contribution is -0.134. The van der Waals surface area contributed by atoms with Crippen molar-refractivity contribution in [2.45, 2.75) is 19.9 Å². The van der Waals surface area contributed by atoms with Gasteiger partial charge in [0.05, 0.1) is 6.54 Å². The van der Waals surface area contributed by atoms with Crippen LogP contribution in [0.2, 0.25) is 0 Å². The molecule has 0 unspecified atom stereocenters. The molecule has 2 heterocycles. The van der Waals surface area contributed by atoms with Crippen molar-refractivity contribution in [1.29, 1.82) is 0 Å². The summed E-state index contributed by atoms with van der Waals surface area (Å²) in [6.45, 7) is 3.94. The number of fused-ring (bicyclic) bond motifs is 2. The molecule has 0 atom stereocenters. The first-order valence-corrected chi connectivity index (χ1v) is 10.1. The van der Waals surface area contributed by atoms with Gasteiger partial charge in [-0.3, -0.25) is 9.59 Å². The minimum atomic E-state index is -0.242. The summed E-state index contributed by atoms with van der Waals surface area (Å²) >= 11 is 0. The molecule has 2 aromatic carbocycles. The molecule has 30 heavy (non-hydrogen) atoms. The van der Waals surface area contributed by atoms with Crippen LogP contribution in [-0.2, 0) is 16.1 Å². The molecule has 0 saturated carbocycles. The van der Waals surface area contributed by atoms with Crippen LogP contribution in [-0.4, -0.2) is 47.6 Å². The molecule has 7 heteroatoms. The minimum Gasteiger partial charge on any atom is -0.486 e. The Balaban J connectivity index is 1.33. The minimum absolute atomic E-state index is 0.0101. The molecule has 1 aromatic heterocycles. The van der Waals surface area contributed by atoms with Gasteiger partial charge in [0.1, 0.15) is 13.2 Å². The van der Waals surface area contributed by atoms with Crippen LogP contribution in [0, 0.1) is 0 Å². The fourth-order valence-corrected chi connectivity index (χ4v) is 3.58. The molecule has 0 aliphatic carbocycles. The summed E-state index contributed by atoms with van der Waals surface area (Å²) in [4.78, 5) is 26.7. The molecular formula is C23H25N3O4. The Hall–Kier alpha value is -3.48. The van der Waals surface area contributed by atoms with Crippen LogP contribution >= 0.6 is 0 Å². The second kappa shape index (κ2) is 8.90. The van der Waals surface area contributed by atoms with Crippen molar-refractivity contribution >= 4 is 28.4 Å². The van der Waals surface area contributed by atoms with E-state index in [1.165, 1.54) is 0 Å². The van der Waals surface area contributed by atoms with Crippen LogP contribution in [0.25, 0.3) is 10.9 Å². The lowest BCUT2D eigenvalue weighted by atomic mass is 10.2. The van der Waals surface area contributed by atoms with Gasteiger partial charge in [-0.05, 0) is 36.6 Å². The van der Waals surface area contributed by atoms with E-state index in [2.05, 4.69) is 9.88 Å². The number of nitrogens with zero attached hydrogens (tertiary/aromatic N) is 2. The Kier molecular flexibility index (Phi) is 5.88. The summed E-state index contributed by atoms with van der Waals surface area (Å²) in [5, 5.41) is 3.98. The van der Waals surface area contributed by atoms with E-state index in [9.17, 15) is 9.59 Å². The second-order valence-corrected chi connectivity index (χ2v) is 7.13. The molecule has 0 fully saturated rings. The fraction of sp³-hybridized carbons (Fsp3) is 0.304. The maximum Gasteiger partial charge on any atom is 0.243 e.